The molecule has 1 aliphatic carbocycles. The van der Waals surface area contributed by atoms with Crippen LogP contribution in [0.1, 0.15) is 49.2 Å². The van der Waals surface area contributed by atoms with Crippen LogP contribution < -0.4 is 4.90 Å². The molecule has 1 aliphatic heterocycles. The van der Waals surface area contributed by atoms with Gasteiger partial charge < -0.3 is 4.90 Å². The van der Waals surface area contributed by atoms with Gasteiger partial charge >= 0.3 is 0 Å². The predicted octanol–water partition coefficient (Wildman–Crippen LogP) is 4.44. The van der Waals surface area contributed by atoms with Crippen LogP contribution in [-0.2, 0) is 15.6 Å². The van der Waals surface area contributed by atoms with Crippen molar-refractivity contribution in [3.63, 3.8) is 0 Å². The number of carbonyl (C=O) groups excluding carboxylic acids is 2. The summed E-state index contributed by atoms with van der Waals surface area (Å²) in [6.45, 7) is 11.7. The molecule has 1 fully saturated rings. The summed E-state index contributed by atoms with van der Waals surface area (Å²) >= 11 is 1.54. The molecule has 0 unspecified atom stereocenters. The number of Topliss-reactive ketones (excluding diaryl/α,β-unsaturated/α-hetero) is 2. The lowest BCUT2D eigenvalue weighted by atomic mass is 9.80. The molecule has 32 heavy (non-hydrogen) atoms. The summed E-state index contributed by atoms with van der Waals surface area (Å²) in [4.78, 5) is 30.6. The number of carbonyl (C=O) groups is 2. The first-order valence-corrected chi connectivity index (χ1v) is 12.0. The lowest BCUT2D eigenvalue weighted by molar-refractivity contribution is -0.126. The van der Waals surface area contributed by atoms with Crippen LogP contribution >= 0.6 is 11.5 Å². The Labute approximate surface area is 193 Å². The number of rotatable bonds is 4. The molecule has 2 aliphatic rings. The molecule has 2 aromatic carbocycles. The van der Waals surface area contributed by atoms with Crippen LogP contribution in [0.4, 0.5) is 5.82 Å². The molecule has 3 aromatic rings. The van der Waals surface area contributed by atoms with Gasteiger partial charge in [0.15, 0.2) is 11.6 Å². The van der Waals surface area contributed by atoms with Crippen LogP contribution in [-0.4, -0.2) is 53.6 Å². The average Bonchev–Trinajstić information content (AvgIpc) is 3.27. The van der Waals surface area contributed by atoms with Crippen LogP contribution in [0.2, 0.25) is 0 Å². The summed E-state index contributed by atoms with van der Waals surface area (Å²) in [5.41, 5.74) is 1.69. The third-order valence-corrected chi connectivity index (χ3v) is 8.04. The average molecular weight is 448 g/mol. The van der Waals surface area contributed by atoms with Crippen molar-refractivity contribution in [3.8, 4) is 0 Å². The number of piperazine rings is 1. The Bertz CT molecular complexity index is 1220. The Hall–Kier alpha value is -2.57. The summed E-state index contributed by atoms with van der Waals surface area (Å²) in [6, 6.07) is 14.2. The number of hydrogen-bond donors (Lipinski definition) is 0. The molecule has 5 rings (SSSR count). The Balaban J connectivity index is 1.27. The molecule has 0 N–H and O–H groups in total. The van der Waals surface area contributed by atoms with Crippen molar-refractivity contribution in [1.82, 2.24) is 9.27 Å². The first-order valence-electron chi connectivity index (χ1n) is 11.2. The van der Waals surface area contributed by atoms with Crippen LogP contribution in [0, 0.1) is 0 Å². The zero-order valence-corrected chi connectivity index (χ0v) is 20.0. The number of benzene rings is 2. The van der Waals surface area contributed by atoms with Gasteiger partial charge in [-0.3, -0.25) is 14.5 Å². The minimum atomic E-state index is -0.558. The molecular formula is C26H29N3O2S. The number of hydrogen-bond acceptors (Lipinski definition) is 6. The third-order valence-electron chi connectivity index (χ3n) is 7.22. The predicted molar refractivity (Wildman–Crippen MR) is 130 cm³/mol. The maximum atomic E-state index is 13.1. The zero-order chi connectivity index (χ0) is 22.7. The molecule has 0 radical (unpaired) electrons. The van der Waals surface area contributed by atoms with Crippen molar-refractivity contribution in [1.29, 1.82) is 0 Å². The molecule has 0 spiro atoms. The first-order chi connectivity index (χ1) is 15.2. The molecule has 0 saturated carbocycles. The fraction of sp³-hybridized carbons (Fsp3) is 0.423. The first kappa shape index (κ1) is 21.3. The number of anilines is 1. The van der Waals surface area contributed by atoms with Gasteiger partial charge in [0.2, 0.25) is 0 Å². The highest BCUT2D eigenvalue weighted by Gasteiger charge is 2.50. The van der Waals surface area contributed by atoms with Crippen molar-refractivity contribution in [3.05, 3.63) is 59.2 Å². The van der Waals surface area contributed by atoms with Crippen molar-refractivity contribution < 1.29 is 9.59 Å². The largest absolute Gasteiger partial charge is 0.353 e. The van der Waals surface area contributed by atoms with Gasteiger partial charge in [-0.05, 0) is 68.6 Å². The van der Waals surface area contributed by atoms with Crippen molar-refractivity contribution in [2.45, 2.75) is 38.5 Å². The summed E-state index contributed by atoms with van der Waals surface area (Å²) in [6.07, 6.45) is 0. The highest BCUT2D eigenvalue weighted by atomic mass is 32.1. The van der Waals surface area contributed by atoms with E-state index >= 15 is 0 Å². The minimum absolute atomic E-state index is 0.119. The number of fused-ring (bicyclic) bond motifs is 2. The van der Waals surface area contributed by atoms with E-state index in [1.54, 1.807) is 11.5 Å². The van der Waals surface area contributed by atoms with Gasteiger partial charge in [-0.2, -0.15) is 4.37 Å². The molecule has 2 heterocycles. The van der Waals surface area contributed by atoms with Gasteiger partial charge in [0, 0.05) is 48.0 Å². The SMILES string of the molecule is CC1(C)C(=O)C(C)(C)c2cc(C(=O)CN3CCN(c4nsc5ccccc45)CC3)ccc21. The van der Waals surface area contributed by atoms with Crippen molar-refractivity contribution in [2.75, 3.05) is 37.6 Å². The fourth-order valence-electron chi connectivity index (χ4n) is 5.32. The molecular weight excluding hydrogens is 418 g/mol. The maximum absolute atomic E-state index is 13.1. The van der Waals surface area contributed by atoms with Crippen molar-refractivity contribution in [2.24, 2.45) is 0 Å². The van der Waals surface area contributed by atoms with Gasteiger partial charge in [0.1, 0.15) is 5.82 Å². The highest BCUT2D eigenvalue weighted by molar-refractivity contribution is 7.13. The van der Waals surface area contributed by atoms with E-state index < -0.39 is 10.8 Å². The minimum Gasteiger partial charge on any atom is -0.353 e. The summed E-state index contributed by atoms with van der Waals surface area (Å²) in [5, 5.41) is 1.21. The maximum Gasteiger partial charge on any atom is 0.176 e. The highest BCUT2D eigenvalue weighted by Crippen LogP contribution is 2.46. The van der Waals surface area contributed by atoms with Gasteiger partial charge in [0.25, 0.3) is 0 Å². The third kappa shape index (κ3) is 3.28. The fourth-order valence-corrected chi connectivity index (χ4v) is 6.11. The summed E-state index contributed by atoms with van der Waals surface area (Å²) in [7, 11) is 0. The lowest BCUT2D eigenvalue weighted by Gasteiger charge is -2.34. The molecule has 1 aromatic heterocycles. The van der Waals surface area contributed by atoms with E-state index in [0.29, 0.717) is 12.1 Å². The second-order valence-corrected chi connectivity index (χ2v) is 10.8. The molecule has 1 saturated heterocycles. The smallest absolute Gasteiger partial charge is 0.176 e. The van der Waals surface area contributed by atoms with Crippen LogP contribution in [0.5, 0.6) is 0 Å². The van der Waals surface area contributed by atoms with Crippen LogP contribution in [0.15, 0.2) is 42.5 Å². The summed E-state index contributed by atoms with van der Waals surface area (Å²) in [5.74, 6) is 1.40. The number of aromatic nitrogens is 1. The molecule has 0 bridgehead atoms. The van der Waals surface area contributed by atoms with Crippen molar-refractivity contribution >= 4 is 39.0 Å². The Morgan fingerprint density at radius 1 is 0.969 bits per heavy atom. The van der Waals surface area contributed by atoms with E-state index in [1.165, 1.54) is 10.1 Å². The summed E-state index contributed by atoms with van der Waals surface area (Å²) < 4.78 is 5.88. The van der Waals surface area contributed by atoms with E-state index in [4.69, 9.17) is 0 Å². The number of nitrogens with zero attached hydrogens (tertiary/aromatic N) is 3. The normalized spacial score (nSPS) is 20.0. The monoisotopic (exact) mass is 447 g/mol. The van der Waals surface area contributed by atoms with E-state index in [2.05, 4.69) is 32.4 Å². The quantitative estimate of drug-likeness (QED) is 0.554. The molecule has 5 nitrogen and oxygen atoms in total. The van der Waals surface area contributed by atoms with E-state index in [-0.39, 0.29) is 11.6 Å². The Morgan fingerprint density at radius 3 is 2.41 bits per heavy atom. The number of ketones is 2. The molecule has 0 amide bonds. The molecule has 6 heteroatoms. The molecule has 166 valence electrons. The van der Waals surface area contributed by atoms with Crippen LogP contribution in [0.25, 0.3) is 10.1 Å². The van der Waals surface area contributed by atoms with Gasteiger partial charge in [-0.25, -0.2) is 0 Å². The second-order valence-electron chi connectivity index (χ2n) is 10.0. The zero-order valence-electron chi connectivity index (χ0n) is 19.1. The molecule has 0 atom stereocenters. The van der Waals surface area contributed by atoms with Gasteiger partial charge in [-0.1, -0.05) is 24.3 Å². The second kappa shape index (κ2) is 7.49. The van der Waals surface area contributed by atoms with Gasteiger partial charge in [-0.15, -0.1) is 0 Å². The topological polar surface area (TPSA) is 53.5 Å². The Kier molecular flexibility index (Phi) is 4.98. The van der Waals surface area contributed by atoms with Crippen LogP contribution in [0.3, 0.4) is 0 Å². The standard InChI is InChI=1S/C26H29N3O2S/c1-25(2)19-10-9-17(15-20(19)26(3,4)24(25)31)21(30)16-28-11-13-29(14-12-28)23-18-7-5-6-8-22(18)32-27-23/h5-10,15H,11-14,16H2,1-4H3. The van der Waals surface area contributed by atoms with E-state index in [0.717, 1.165) is 43.1 Å². The Morgan fingerprint density at radius 2 is 1.66 bits per heavy atom. The lowest BCUT2D eigenvalue weighted by Crippen LogP contribution is -2.48. The van der Waals surface area contributed by atoms with E-state index in [9.17, 15) is 9.59 Å². The van der Waals surface area contributed by atoms with Gasteiger partial charge in [0.05, 0.1) is 11.2 Å². The van der Waals surface area contributed by atoms with E-state index in [1.807, 2.05) is 52.0 Å².